The van der Waals surface area contributed by atoms with E-state index in [1.165, 1.54) is 6.42 Å². The van der Waals surface area contributed by atoms with Crippen molar-refractivity contribution in [2.45, 2.75) is 65.4 Å². The number of hydrogen-bond donors (Lipinski definition) is 1. The molecule has 2 saturated carbocycles. The Morgan fingerprint density at radius 2 is 1.90 bits per heavy atom. The highest BCUT2D eigenvalue weighted by molar-refractivity contribution is 5.73. The van der Waals surface area contributed by atoms with Crippen LogP contribution in [0.25, 0.3) is 0 Å². The smallest absolute Gasteiger partial charge is 0.309 e. The van der Waals surface area contributed by atoms with Gasteiger partial charge in [0, 0.05) is 0 Å². The molecule has 2 rings (SSSR count). The topological polar surface area (TPSA) is 46.5 Å². The quantitative estimate of drug-likeness (QED) is 0.600. The Morgan fingerprint density at radius 1 is 1.20 bits per heavy atom. The van der Waals surface area contributed by atoms with Crippen LogP contribution in [0.5, 0.6) is 0 Å². The third kappa shape index (κ3) is 3.55. The molecule has 0 radical (unpaired) electrons. The second-order valence-corrected chi connectivity index (χ2v) is 7.66. The normalized spacial score (nSPS) is 36.4. The molecule has 5 unspecified atom stereocenters. The van der Waals surface area contributed by atoms with Gasteiger partial charge in [-0.3, -0.25) is 4.79 Å². The molecule has 0 amide bonds. The van der Waals surface area contributed by atoms with Gasteiger partial charge in [0.2, 0.25) is 0 Å². The first-order chi connectivity index (χ1) is 9.29. The van der Waals surface area contributed by atoms with E-state index in [4.69, 9.17) is 4.74 Å². The van der Waals surface area contributed by atoms with E-state index in [9.17, 15) is 9.90 Å². The van der Waals surface area contributed by atoms with Gasteiger partial charge in [0.15, 0.2) is 0 Å². The lowest BCUT2D eigenvalue weighted by Crippen LogP contribution is -2.31. The highest BCUT2D eigenvalue weighted by Gasteiger charge is 2.51. The molecular weight excluding hydrogens is 252 g/mol. The summed E-state index contributed by atoms with van der Waals surface area (Å²) in [5.41, 5.74) is -0.611. The van der Waals surface area contributed by atoms with Gasteiger partial charge in [0.1, 0.15) is 0 Å². The van der Waals surface area contributed by atoms with Crippen LogP contribution in [0.4, 0.5) is 0 Å². The number of rotatable bonds is 6. The number of fused-ring (bicyclic) bond motifs is 2. The maximum Gasteiger partial charge on any atom is 0.309 e. The summed E-state index contributed by atoms with van der Waals surface area (Å²) in [6, 6.07) is 0. The summed E-state index contributed by atoms with van der Waals surface area (Å²) < 4.78 is 5.46. The maximum atomic E-state index is 12.2. The minimum Gasteiger partial charge on any atom is -0.465 e. The van der Waals surface area contributed by atoms with Crippen molar-refractivity contribution in [2.75, 3.05) is 6.61 Å². The highest BCUT2D eigenvalue weighted by Crippen LogP contribution is 2.55. The number of carbonyl (C=O) groups excluding carboxylic acids is 1. The van der Waals surface area contributed by atoms with Crippen LogP contribution in [0.1, 0.15) is 59.8 Å². The molecule has 0 aromatic heterocycles. The predicted molar refractivity (Wildman–Crippen MR) is 79.1 cm³/mol. The SMILES string of the molecule is CC1C2CC(C(=O)OCCCCC(C)(C)O)C(C2)C1C. The van der Waals surface area contributed by atoms with Gasteiger partial charge >= 0.3 is 5.97 Å². The van der Waals surface area contributed by atoms with E-state index >= 15 is 0 Å². The lowest BCUT2D eigenvalue weighted by Gasteiger charge is -2.30. The molecule has 1 N–H and O–H groups in total. The van der Waals surface area contributed by atoms with Crippen LogP contribution < -0.4 is 0 Å². The Bertz CT molecular complexity index is 343. The molecule has 0 heterocycles. The molecule has 2 fully saturated rings. The zero-order chi connectivity index (χ0) is 14.9. The largest absolute Gasteiger partial charge is 0.465 e. The van der Waals surface area contributed by atoms with Crippen LogP contribution in [0.15, 0.2) is 0 Å². The van der Waals surface area contributed by atoms with Gasteiger partial charge < -0.3 is 9.84 Å². The molecule has 2 aliphatic rings. The fraction of sp³-hybridized carbons (Fsp3) is 0.941. The molecule has 0 aromatic carbocycles. The molecule has 5 atom stereocenters. The predicted octanol–water partition coefficient (Wildman–Crippen LogP) is 3.40. The summed E-state index contributed by atoms with van der Waals surface area (Å²) >= 11 is 0. The number of hydrogen-bond acceptors (Lipinski definition) is 3. The maximum absolute atomic E-state index is 12.2. The molecule has 2 aliphatic carbocycles. The van der Waals surface area contributed by atoms with Crippen molar-refractivity contribution in [3.63, 3.8) is 0 Å². The van der Waals surface area contributed by atoms with Gasteiger partial charge in [0.25, 0.3) is 0 Å². The van der Waals surface area contributed by atoms with E-state index in [1.807, 2.05) is 13.8 Å². The fourth-order valence-electron chi connectivity index (χ4n) is 4.15. The molecule has 20 heavy (non-hydrogen) atoms. The second-order valence-electron chi connectivity index (χ2n) is 7.66. The summed E-state index contributed by atoms with van der Waals surface area (Å²) in [4.78, 5) is 12.2. The Morgan fingerprint density at radius 3 is 2.45 bits per heavy atom. The minimum absolute atomic E-state index is 0.0273. The van der Waals surface area contributed by atoms with E-state index in [0.29, 0.717) is 18.4 Å². The van der Waals surface area contributed by atoms with Crippen LogP contribution in [-0.2, 0) is 9.53 Å². The van der Waals surface area contributed by atoms with E-state index in [1.54, 1.807) is 0 Å². The Balaban J connectivity index is 1.67. The molecule has 0 aliphatic heterocycles. The third-order valence-electron chi connectivity index (χ3n) is 5.63. The monoisotopic (exact) mass is 282 g/mol. The fourth-order valence-corrected chi connectivity index (χ4v) is 4.15. The van der Waals surface area contributed by atoms with Crippen LogP contribution >= 0.6 is 0 Å². The molecule has 2 bridgehead atoms. The lowest BCUT2D eigenvalue weighted by molar-refractivity contribution is -0.151. The highest BCUT2D eigenvalue weighted by atomic mass is 16.5. The second kappa shape index (κ2) is 6.05. The standard InChI is InChI=1S/C17H30O3/c1-11-12(2)14-9-13(11)10-15(14)16(18)20-8-6-5-7-17(3,4)19/h11-15,19H,5-10H2,1-4H3. The molecular formula is C17H30O3. The van der Waals surface area contributed by atoms with Crippen molar-refractivity contribution >= 4 is 5.97 Å². The average molecular weight is 282 g/mol. The first kappa shape index (κ1) is 15.8. The Kier molecular flexibility index (Phi) is 4.78. The van der Waals surface area contributed by atoms with Crippen molar-refractivity contribution in [3.8, 4) is 0 Å². The van der Waals surface area contributed by atoms with Gasteiger partial charge in [-0.1, -0.05) is 13.8 Å². The summed E-state index contributed by atoms with van der Waals surface area (Å²) in [7, 11) is 0. The van der Waals surface area contributed by atoms with Crippen LogP contribution in [0.2, 0.25) is 0 Å². The van der Waals surface area contributed by atoms with Gasteiger partial charge in [-0.25, -0.2) is 0 Å². The van der Waals surface area contributed by atoms with Crippen molar-refractivity contribution in [1.29, 1.82) is 0 Å². The molecule has 0 aromatic rings. The molecule has 3 nitrogen and oxygen atoms in total. The molecule has 0 spiro atoms. The van der Waals surface area contributed by atoms with Crippen LogP contribution in [-0.4, -0.2) is 23.3 Å². The summed E-state index contributed by atoms with van der Waals surface area (Å²) in [6.45, 7) is 8.76. The summed E-state index contributed by atoms with van der Waals surface area (Å²) in [5.74, 6) is 2.92. The zero-order valence-corrected chi connectivity index (χ0v) is 13.4. The zero-order valence-electron chi connectivity index (χ0n) is 13.4. The number of carbonyl (C=O) groups is 1. The van der Waals surface area contributed by atoms with Gasteiger partial charge in [-0.15, -0.1) is 0 Å². The van der Waals surface area contributed by atoms with E-state index in [2.05, 4.69) is 13.8 Å². The van der Waals surface area contributed by atoms with E-state index in [-0.39, 0.29) is 11.9 Å². The molecule has 3 heteroatoms. The van der Waals surface area contributed by atoms with Gasteiger partial charge in [0.05, 0.1) is 18.1 Å². The number of esters is 1. The number of aliphatic hydroxyl groups is 1. The molecule has 116 valence electrons. The number of ether oxygens (including phenoxy) is 1. The Labute approximate surface area is 123 Å². The summed E-state index contributed by atoms with van der Waals surface area (Å²) in [5, 5.41) is 9.62. The van der Waals surface area contributed by atoms with Crippen molar-refractivity contribution < 1.29 is 14.6 Å². The van der Waals surface area contributed by atoms with Crippen molar-refractivity contribution in [2.24, 2.45) is 29.6 Å². The van der Waals surface area contributed by atoms with Crippen molar-refractivity contribution in [3.05, 3.63) is 0 Å². The van der Waals surface area contributed by atoms with Crippen molar-refractivity contribution in [1.82, 2.24) is 0 Å². The summed E-state index contributed by atoms with van der Waals surface area (Å²) in [6.07, 6.45) is 4.77. The molecule has 0 saturated heterocycles. The van der Waals surface area contributed by atoms with Crippen LogP contribution in [0, 0.1) is 29.6 Å². The van der Waals surface area contributed by atoms with E-state index in [0.717, 1.165) is 37.5 Å². The minimum atomic E-state index is -0.611. The van der Waals surface area contributed by atoms with Gasteiger partial charge in [-0.2, -0.15) is 0 Å². The average Bonchev–Trinajstić information content (AvgIpc) is 2.89. The Hall–Kier alpha value is -0.570. The number of unbranched alkanes of at least 4 members (excludes halogenated alkanes) is 1. The van der Waals surface area contributed by atoms with Gasteiger partial charge in [-0.05, 0) is 69.6 Å². The van der Waals surface area contributed by atoms with E-state index < -0.39 is 5.60 Å². The third-order valence-corrected chi connectivity index (χ3v) is 5.63. The first-order valence-corrected chi connectivity index (χ1v) is 8.18. The van der Waals surface area contributed by atoms with Crippen LogP contribution in [0.3, 0.4) is 0 Å². The first-order valence-electron chi connectivity index (χ1n) is 8.18. The lowest BCUT2D eigenvalue weighted by atomic mass is 9.76.